The Balaban J connectivity index is 1.66. The Morgan fingerprint density at radius 1 is 1.27 bits per heavy atom. The average Bonchev–Trinajstić information content (AvgIpc) is 3.23. The number of hydrogen-bond acceptors (Lipinski definition) is 4. The maximum atomic E-state index is 12.6. The number of ketones is 1. The van der Waals surface area contributed by atoms with Gasteiger partial charge in [-0.25, -0.2) is 4.79 Å². The molecule has 1 fully saturated rings. The van der Waals surface area contributed by atoms with Crippen LogP contribution in [0.5, 0.6) is 0 Å². The van der Waals surface area contributed by atoms with Gasteiger partial charge in [0.2, 0.25) is 5.78 Å². The molecule has 2 heterocycles. The molecule has 0 saturated carbocycles. The van der Waals surface area contributed by atoms with Gasteiger partial charge in [0, 0.05) is 33.7 Å². The van der Waals surface area contributed by atoms with E-state index >= 15 is 0 Å². The second-order valence-corrected chi connectivity index (χ2v) is 7.67. The van der Waals surface area contributed by atoms with Crippen molar-refractivity contribution in [3.8, 4) is 0 Å². The summed E-state index contributed by atoms with van der Waals surface area (Å²) in [7, 11) is 0. The first-order valence-electron chi connectivity index (χ1n) is 8.70. The molecule has 0 amide bonds. The molecule has 1 aromatic heterocycles. The fourth-order valence-electron chi connectivity index (χ4n) is 3.27. The van der Waals surface area contributed by atoms with Crippen molar-refractivity contribution in [3.63, 3.8) is 0 Å². The van der Waals surface area contributed by atoms with E-state index in [4.69, 9.17) is 9.47 Å². The van der Waals surface area contributed by atoms with Crippen molar-refractivity contribution in [3.05, 3.63) is 56.4 Å². The van der Waals surface area contributed by atoms with Gasteiger partial charge in [-0.3, -0.25) is 4.79 Å². The standard InChI is InChI=1S/C20H22INO4/c1-13-10-17(14(2)22(13)11-15-6-5-9-25-15)19(23)12-26-20(24)16-7-3-4-8-18(16)21/h3-4,7-8,10,15H,5-6,9,11-12H2,1-2H3/t15-/m1/s1. The van der Waals surface area contributed by atoms with Gasteiger partial charge in [-0.05, 0) is 67.5 Å². The van der Waals surface area contributed by atoms with Crippen LogP contribution >= 0.6 is 22.6 Å². The minimum Gasteiger partial charge on any atom is -0.454 e. The predicted octanol–water partition coefficient (Wildman–Crippen LogP) is 3.93. The van der Waals surface area contributed by atoms with E-state index in [1.807, 2.05) is 32.0 Å². The van der Waals surface area contributed by atoms with Gasteiger partial charge in [-0.2, -0.15) is 0 Å². The lowest BCUT2D eigenvalue weighted by molar-refractivity contribution is 0.0473. The highest BCUT2D eigenvalue weighted by atomic mass is 127. The summed E-state index contributed by atoms with van der Waals surface area (Å²) >= 11 is 2.08. The smallest absolute Gasteiger partial charge is 0.339 e. The molecule has 0 radical (unpaired) electrons. The highest BCUT2D eigenvalue weighted by Gasteiger charge is 2.22. The van der Waals surface area contributed by atoms with Crippen molar-refractivity contribution in [1.29, 1.82) is 0 Å². The van der Waals surface area contributed by atoms with Crippen LogP contribution < -0.4 is 0 Å². The molecule has 1 saturated heterocycles. The summed E-state index contributed by atoms with van der Waals surface area (Å²) in [5, 5.41) is 0. The maximum Gasteiger partial charge on any atom is 0.339 e. The largest absolute Gasteiger partial charge is 0.454 e. The molecular weight excluding hydrogens is 445 g/mol. The van der Waals surface area contributed by atoms with Gasteiger partial charge in [0.1, 0.15) is 0 Å². The molecule has 1 aromatic carbocycles. The number of halogens is 1. The van der Waals surface area contributed by atoms with E-state index < -0.39 is 5.97 Å². The van der Waals surface area contributed by atoms with Gasteiger partial charge in [0.05, 0.1) is 11.7 Å². The first-order valence-corrected chi connectivity index (χ1v) is 9.78. The van der Waals surface area contributed by atoms with Crippen molar-refractivity contribution in [2.45, 2.75) is 39.3 Å². The topological polar surface area (TPSA) is 57.5 Å². The van der Waals surface area contributed by atoms with E-state index in [1.54, 1.807) is 12.1 Å². The van der Waals surface area contributed by atoms with Crippen LogP contribution in [0.3, 0.4) is 0 Å². The van der Waals surface area contributed by atoms with Gasteiger partial charge < -0.3 is 14.0 Å². The molecule has 1 aliphatic rings. The van der Waals surface area contributed by atoms with Crippen molar-refractivity contribution >= 4 is 34.3 Å². The summed E-state index contributed by atoms with van der Waals surface area (Å²) in [5.74, 6) is -0.660. The molecule has 138 valence electrons. The quantitative estimate of drug-likeness (QED) is 0.367. The fraction of sp³-hybridized carbons (Fsp3) is 0.400. The van der Waals surface area contributed by atoms with Gasteiger partial charge >= 0.3 is 5.97 Å². The van der Waals surface area contributed by atoms with Crippen LogP contribution in [0, 0.1) is 17.4 Å². The van der Waals surface area contributed by atoms with Crippen LogP contribution in [-0.2, 0) is 16.0 Å². The zero-order valence-electron chi connectivity index (χ0n) is 15.0. The maximum absolute atomic E-state index is 12.6. The lowest BCUT2D eigenvalue weighted by Gasteiger charge is -2.14. The molecule has 3 rings (SSSR count). The molecule has 1 aliphatic heterocycles. The van der Waals surface area contributed by atoms with Gasteiger partial charge in [0.15, 0.2) is 6.61 Å². The normalized spacial score (nSPS) is 16.7. The number of Topliss-reactive ketones (excluding diaryl/α,β-unsaturated/α-hetero) is 1. The number of aryl methyl sites for hydroxylation is 1. The summed E-state index contributed by atoms with van der Waals surface area (Å²) < 4.78 is 13.9. The second-order valence-electron chi connectivity index (χ2n) is 6.51. The van der Waals surface area contributed by atoms with E-state index in [1.165, 1.54) is 0 Å². The summed E-state index contributed by atoms with van der Waals surface area (Å²) in [6.07, 6.45) is 2.35. The Morgan fingerprint density at radius 3 is 2.73 bits per heavy atom. The van der Waals surface area contributed by atoms with Crippen LogP contribution in [0.4, 0.5) is 0 Å². The summed E-state index contributed by atoms with van der Waals surface area (Å²) in [4.78, 5) is 24.8. The number of esters is 1. The van der Waals surface area contributed by atoms with E-state index in [0.717, 1.165) is 41.0 Å². The molecule has 2 aromatic rings. The summed E-state index contributed by atoms with van der Waals surface area (Å²) in [5.41, 5.74) is 3.00. The number of hydrogen-bond donors (Lipinski definition) is 0. The second kappa shape index (κ2) is 8.35. The molecule has 0 bridgehead atoms. The number of carbonyl (C=O) groups is 2. The Morgan fingerprint density at radius 2 is 2.04 bits per heavy atom. The Hall–Kier alpha value is -1.67. The molecule has 6 heteroatoms. The van der Waals surface area contributed by atoms with Crippen molar-refractivity contribution < 1.29 is 19.1 Å². The zero-order chi connectivity index (χ0) is 18.7. The van der Waals surface area contributed by atoms with Crippen molar-refractivity contribution in [1.82, 2.24) is 4.57 Å². The minimum atomic E-state index is -0.475. The molecule has 26 heavy (non-hydrogen) atoms. The van der Waals surface area contributed by atoms with E-state index in [-0.39, 0.29) is 18.5 Å². The van der Waals surface area contributed by atoms with Crippen LogP contribution in [-0.4, -0.2) is 35.6 Å². The molecule has 5 nitrogen and oxygen atoms in total. The van der Waals surface area contributed by atoms with Crippen LogP contribution in [0.2, 0.25) is 0 Å². The number of ether oxygens (including phenoxy) is 2. The molecule has 0 N–H and O–H groups in total. The van der Waals surface area contributed by atoms with E-state index in [0.29, 0.717) is 11.1 Å². The first kappa shape index (κ1) is 19.1. The Kier molecular flexibility index (Phi) is 6.13. The number of nitrogens with zero attached hydrogens (tertiary/aromatic N) is 1. The molecule has 0 aliphatic carbocycles. The third-order valence-electron chi connectivity index (χ3n) is 4.71. The third kappa shape index (κ3) is 4.17. The lowest BCUT2D eigenvalue weighted by atomic mass is 10.1. The number of benzene rings is 1. The highest BCUT2D eigenvalue weighted by molar-refractivity contribution is 14.1. The minimum absolute atomic E-state index is 0.184. The van der Waals surface area contributed by atoms with Gasteiger partial charge in [0.25, 0.3) is 0 Å². The number of rotatable bonds is 6. The zero-order valence-corrected chi connectivity index (χ0v) is 17.1. The summed E-state index contributed by atoms with van der Waals surface area (Å²) in [6, 6.07) is 9.03. The average molecular weight is 467 g/mol. The summed E-state index contributed by atoms with van der Waals surface area (Å²) in [6.45, 7) is 5.22. The number of carbonyl (C=O) groups excluding carboxylic acids is 2. The first-order chi connectivity index (χ1) is 12.5. The van der Waals surface area contributed by atoms with Crippen molar-refractivity contribution in [2.75, 3.05) is 13.2 Å². The molecular formula is C20H22INO4. The fourth-order valence-corrected chi connectivity index (χ4v) is 3.88. The van der Waals surface area contributed by atoms with Crippen LogP contribution in [0.1, 0.15) is 44.9 Å². The van der Waals surface area contributed by atoms with E-state index in [9.17, 15) is 9.59 Å². The number of aromatic nitrogens is 1. The monoisotopic (exact) mass is 467 g/mol. The van der Waals surface area contributed by atoms with E-state index in [2.05, 4.69) is 27.2 Å². The van der Waals surface area contributed by atoms with Crippen LogP contribution in [0.15, 0.2) is 30.3 Å². The molecule has 0 spiro atoms. The lowest BCUT2D eigenvalue weighted by Crippen LogP contribution is -2.18. The molecule has 1 atom stereocenters. The van der Waals surface area contributed by atoms with Crippen molar-refractivity contribution in [2.24, 2.45) is 0 Å². The van der Waals surface area contributed by atoms with Crippen LogP contribution in [0.25, 0.3) is 0 Å². The molecule has 0 unspecified atom stereocenters. The Bertz CT molecular complexity index is 821. The third-order valence-corrected chi connectivity index (χ3v) is 5.65. The predicted molar refractivity (Wildman–Crippen MR) is 107 cm³/mol. The van der Waals surface area contributed by atoms with Gasteiger partial charge in [-0.1, -0.05) is 12.1 Å². The highest BCUT2D eigenvalue weighted by Crippen LogP contribution is 2.21. The SMILES string of the molecule is Cc1cc(C(=O)COC(=O)c2ccccc2I)c(C)n1C[C@H]1CCCO1. The Labute approximate surface area is 166 Å². The van der Waals surface area contributed by atoms with Gasteiger partial charge in [-0.15, -0.1) is 0 Å².